The molecule has 1 aromatic carbocycles. The second kappa shape index (κ2) is 7.09. The first kappa shape index (κ1) is 15.9. The fraction of sp³-hybridized carbons (Fsp3) is 0.421. The summed E-state index contributed by atoms with van der Waals surface area (Å²) in [5.41, 5.74) is 2.06. The lowest BCUT2D eigenvalue weighted by Crippen LogP contribution is -2.39. The molecule has 2 aliphatic rings. The topological polar surface area (TPSA) is 63.9 Å². The Balaban J connectivity index is 1.47. The highest BCUT2D eigenvalue weighted by atomic mass is 16.5. The van der Waals surface area contributed by atoms with E-state index in [1.807, 2.05) is 29.2 Å². The molecule has 0 spiro atoms. The van der Waals surface area contributed by atoms with Crippen molar-refractivity contribution < 1.29 is 18.7 Å². The maximum absolute atomic E-state index is 12.6. The van der Waals surface area contributed by atoms with Gasteiger partial charge in [0, 0.05) is 25.1 Å². The van der Waals surface area contributed by atoms with Gasteiger partial charge in [-0.2, -0.15) is 0 Å². The lowest BCUT2D eigenvalue weighted by Gasteiger charge is -2.26. The van der Waals surface area contributed by atoms with Crippen molar-refractivity contribution in [2.45, 2.75) is 31.8 Å². The molecule has 0 radical (unpaired) electrons. The Bertz CT molecular complexity index is 729. The van der Waals surface area contributed by atoms with Gasteiger partial charge in [-0.15, -0.1) is 0 Å². The van der Waals surface area contributed by atoms with Gasteiger partial charge in [0.15, 0.2) is 11.5 Å². The van der Waals surface area contributed by atoms with Crippen molar-refractivity contribution in [3.8, 4) is 11.5 Å². The van der Waals surface area contributed by atoms with Gasteiger partial charge >= 0.3 is 6.03 Å². The van der Waals surface area contributed by atoms with Crippen molar-refractivity contribution in [1.29, 1.82) is 0 Å². The molecular weight excluding hydrogens is 320 g/mol. The number of rotatable bonds is 3. The third kappa shape index (κ3) is 3.43. The van der Waals surface area contributed by atoms with Gasteiger partial charge in [0.25, 0.3) is 0 Å². The van der Waals surface area contributed by atoms with Crippen LogP contribution in [-0.2, 0) is 6.54 Å². The largest absolute Gasteiger partial charge is 0.490 e. The maximum atomic E-state index is 12.6. The second-order valence-electron chi connectivity index (χ2n) is 6.40. The van der Waals surface area contributed by atoms with Gasteiger partial charge in [-0.05, 0) is 36.6 Å². The fourth-order valence-corrected chi connectivity index (χ4v) is 3.42. The minimum absolute atomic E-state index is 0.0455. The molecule has 1 fully saturated rings. The first-order valence-electron chi connectivity index (χ1n) is 8.76. The summed E-state index contributed by atoms with van der Waals surface area (Å²) >= 11 is 0. The Kier molecular flexibility index (Phi) is 4.50. The molecule has 2 amide bonds. The van der Waals surface area contributed by atoms with Crippen molar-refractivity contribution in [3.63, 3.8) is 0 Å². The van der Waals surface area contributed by atoms with Gasteiger partial charge in [-0.3, -0.25) is 0 Å². The number of likely N-dealkylation sites (tertiary alicyclic amines) is 1. The monoisotopic (exact) mass is 342 g/mol. The number of carbonyl (C=O) groups is 1. The van der Waals surface area contributed by atoms with E-state index >= 15 is 0 Å². The van der Waals surface area contributed by atoms with Gasteiger partial charge in [-0.25, -0.2) is 4.79 Å². The van der Waals surface area contributed by atoms with Gasteiger partial charge in [-0.1, -0.05) is 6.07 Å². The van der Waals surface area contributed by atoms with E-state index in [1.165, 1.54) is 0 Å². The summed E-state index contributed by atoms with van der Waals surface area (Å²) in [6.45, 7) is 2.57. The van der Waals surface area contributed by atoms with Crippen molar-refractivity contribution in [1.82, 2.24) is 10.2 Å². The predicted octanol–water partition coefficient (Wildman–Crippen LogP) is 3.49. The van der Waals surface area contributed by atoms with E-state index < -0.39 is 0 Å². The summed E-state index contributed by atoms with van der Waals surface area (Å²) in [5, 5.41) is 2.97. The zero-order valence-electron chi connectivity index (χ0n) is 14.1. The molecule has 3 heterocycles. The molecule has 6 nitrogen and oxygen atoms in total. The number of amides is 2. The number of hydrogen-bond acceptors (Lipinski definition) is 4. The molecule has 4 rings (SSSR count). The van der Waals surface area contributed by atoms with Crippen LogP contribution in [0, 0.1) is 0 Å². The Labute approximate surface area is 146 Å². The quantitative estimate of drug-likeness (QED) is 0.927. The summed E-state index contributed by atoms with van der Waals surface area (Å²) in [4.78, 5) is 14.5. The molecule has 1 aromatic heterocycles. The molecule has 2 aliphatic heterocycles. The number of carbonyl (C=O) groups excluding carboxylic acids is 1. The Morgan fingerprint density at radius 1 is 1.16 bits per heavy atom. The lowest BCUT2D eigenvalue weighted by atomic mass is 10.0. The highest BCUT2D eigenvalue weighted by Crippen LogP contribution is 2.37. The summed E-state index contributed by atoms with van der Waals surface area (Å²) in [6.07, 6.45) is 6.09. The van der Waals surface area contributed by atoms with Crippen LogP contribution in [0.2, 0.25) is 0 Å². The van der Waals surface area contributed by atoms with Gasteiger partial charge < -0.3 is 24.1 Å². The maximum Gasteiger partial charge on any atom is 0.318 e. The molecule has 1 saturated heterocycles. The van der Waals surface area contributed by atoms with Crippen LogP contribution in [0.25, 0.3) is 0 Å². The Morgan fingerprint density at radius 2 is 2.04 bits per heavy atom. The fourth-order valence-electron chi connectivity index (χ4n) is 3.42. The molecule has 1 atom stereocenters. The molecule has 0 unspecified atom stereocenters. The van der Waals surface area contributed by atoms with E-state index in [1.54, 1.807) is 12.5 Å². The number of benzene rings is 1. The van der Waals surface area contributed by atoms with Gasteiger partial charge in [0.2, 0.25) is 0 Å². The van der Waals surface area contributed by atoms with E-state index in [2.05, 4.69) is 5.32 Å². The Morgan fingerprint density at radius 3 is 2.88 bits per heavy atom. The first-order valence-corrected chi connectivity index (χ1v) is 8.76. The summed E-state index contributed by atoms with van der Waals surface area (Å²) < 4.78 is 16.5. The average molecular weight is 342 g/mol. The van der Waals surface area contributed by atoms with Crippen LogP contribution in [0.3, 0.4) is 0 Å². The number of hydrogen-bond donors (Lipinski definition) is 1. The highest BCUT2D eigenvalue weighted by Gasteiger charge is 2.30. The van der Waals surface area contributed by atoms with E-state index in [-0.39, 0.29) is 12.1 Å². The predicted molar refractivity (Wildman–Crippen MR) is 91.7 cm³/mol. The molecule has 25 heavy (non-hydrogen) atoms. The molecule has 6 heteroatoms. The normalized spacial score (nSPS) is 19.5. The van der Waals surface area contributed by atoms with E-state index in [0.717, 1.165) is 48.4 Å². The summed E-state index contributed by atoms with van der Waals surface area (Å²) in [5.74, 6) is 1.57. The van der Waals surface area contributed by atoms with Gasteiger partial charge in [0.1, 0.15) is 0 Å². The zero-order valence-corrected chi connectivity index (χ0v) is 14.1. The van der Waals surface area contributed by atoms with Crippen LogP contribution in [0.15, 0.2) is 41.2 Å². The minimum atomic E-state index is -0.0455. The lowest BCUT2D eigenvalue weighted by molar-refractivity contribution is 0.192. The molecule has 0 aliphatic carbocycles. The van der Waals surface area contributed by atoms with Crippen molar-refractivity contribution >= 4 is 6.03 Å². The van der Waals surface area contributed by atoms with Crippen molar-refractivity contribution in [2.24, 2.45) is 0 Å². The zero-order chi connectivity index (χ0) is 17.1. The molecule has 0 saturated carbocycles. The number of nitrogens with one attached hydrogen (secondary N) is 1. The minimum Gasteiger partial charge on any atom is -0.490 e. The number of furan rings is 1. The van der Waals surface area contributed by atoms with Crippen LogP contribution in [0.4, 0.5) is 4.79 Å². The molecular formula is C19H22N2O4. The van der Waals surface area contributed by atoms with Crippen LogP contribution >= 0.6 is 0 Å². The van der Waals surface area contributed by atoms with Crippen LogP contribution in [0.5, 0.6) is 11.5 Å². The van der Waals surface area contributed by atoms with Crippen molar-refractivity contribution in [2.75, 3.05) is 19.8 Å². The van der Waals surface area contributed by atoms with E-state index in [4.69, 9.17) is 13.9 Å². The molecule has 132 valence electrons. The third-order valence-electron chi connectivity index (χ3n) is 4.69. The summed E-state index contributed by atoms with van der Waals surface area (Å²) in [7, 11) is 0. The SMILES string of the molecule is O=C(NCc1ccoc1)N1CCC[C@@H]1c1ccc2c(c1)OCCCO2. The first-order chi connectivity index (χ1) is 12.3. The number of ether oxygens (including phenoxy) is 2. The van der Waals surface area contributed by atoms with E-state index in [9.17, 15) is 4.79 Å². The second-order valence-corrected chi connectivity index (χ2v) is 6.40. The average Bonchev–Trinajstić information content (AvgIpc) is 3.27. The van der Waals surface area contributed by atoms with E-state index in [0.29, 0.717) is 19.8 Å². The molecule has 1 N–H and O–H groups in total. The van der Waals surface area contributed by atoms with Crippen LogP contribution in [0.1, 0.15) is 36.4 Å². The number of nitrogens with zero attached hydrogens (tertiary/aromatic N) is 1. The van der Waals surface area contributed by atoms with Crippen LogP contribution in [-0.4, -0.2) is 30.7 Å². The molecule has 0 bridgehead atoms. The van der Waals surface area contributed by atoms with Crippen molar-refractivity contribution in [3.05, 3.63) is 47.9 Å². The Hall–Kier alpha value is -2.63. The summed E-state index contributed by atoms with van der Waals surface area (Å²) in [6, 6.07) is 7.89. The molecule has 2 aromatic rings. The smallest absolute Gasteiger partial charge is 0.318 e. The number of fused-ring (bicyclic) bond motifs is 1. The van der Waals surface area contributed by atoms with Gasteiger partial charge in [0.05, 0.1) is 31.8 Å². The number of urea groups is 1. The van der Waals surface area contributed by atoms with Crippen LogP contribution < -0.4 is 14.8 Å². The highest BCUT2D eigenvalue weighted by molar-refractivity contribution is 5.75. The standard InChI is InChI=1S/C19H22N2O4/c22-19(20-12-14-6-10-23-13-14)21-7-1-3-16(21)15-4-5-17-18(11-15)25-9-2-8-24-17/h4-6,10-11,13,16H,1-3,7-9,12H2,(H,20,22)/t16-/m1/s1. The third-order valence-corrected chi connectivity index (χ3v) is 4.69.